The van der Waals surface area contributed by atoms with Gasteiger partial charge in [-0.25, -0.2) is 0 Å². The lowest BCUT2D eigenvalue weighted by atomic mass is 9.68. The molecule has 8 rings (SSSR count). The molecule has 0 aromatic heterocycles. The van der Waals surface area contributed by atoms with Gasteiger partial charge in [-0.1, -0.05) is 143 Å². The first-order valence-electron chi connectivity index (χ1n) is 14.0. The zero-order chi connectivity index (χ0) is 26.9. The lowest BCUT2D eigenvalue weighted by molar-refractivity contribution is 0.645. The van der Waals surface area contributed by atoms with Crippen LogP contribution >= 0.6 is 0 Å². The van der Waals surface area contributed by atoms with Crippen LogP contribution in [0.2, 0.25) is 0 Å². The molecule has 0 aliphatic heterocycles. The van der Waals surface area contributed by atoms with Crippen LogP contribution in [0.25, 0.3) is 43.8 Å². The van der Waals surface area contributed by atoms with Crippen molar-refractivity contribution in [2.24, 2.45) is 0 Å². The van der Waals surface area contributed by atoms with E-state index in [0.717, 1.165) is 0 Å². The minimum Gasteiger partial charge on any atom is -0.0619 e. The van der Waals surface area contributed by atoms with Crippen LogP contribution in [0.5, 0.6) is 0 Å². The summed E-state index contributed by atoms with van der Waals surface area (Å²) >= 11 is 0. The van der Waals surface area contributed by atoms with E-state index in [1.165, 1.54) is 71.6 Å². The zero-order valence-electron chi connectivity index (χ0n) is 23.5. The maximum atomic E-state index is 2.34. The van der Waals surface area contributed by atoms with Gasteiger partial charge >= 0.3 is 0 Å². The van der Waals surface area contributed by atoms with Crippen molar-refractivity contribution in [3.8, 4) is 22.3 Å². The minimum atomic E-state index is 0.0664. The summed E-state index contributed by atoms with van der Waals surface area (Å²) in [6, 6.07) is 42.2. The minimum absolute atomic E-state index is 0.0664. The maximum Gasteiger partial charge on any atom is 0.0159 e. The van der Waals surface area contributed by atoms with E-state index in [-0.39, 0.29) is 10.8 Å². The summed E-state index contributed by atoms with van der Waals surface area (Å²) in [5.74, 6) is 0. The summed E-state index contributed by atoms with van der Waals surface area (Å²) in [4.78, 5) is 0. The number of hydrogen-bond acceptors (Lipinski definition) is 0. The Morgan fingerprint density at radius 3 is 1.49 bits per heavy atom. The molecule has 0 bridgehead atoms. The molecule has 39 heavy (non-hydrogen) atoms. The molecule has 0 atom stereocenters. The molecule has 6 aromatic rings. The van der Waals surface area contributed by atoms with Crippen LogP contribution in [0, 0.1) is 6.92 Å². The molecule has 0 amide bonds. The molecular weight excluding hydrogens is 468 g/mol. The van der Waals surface area contributed by atoms with E-state index in [2.05, 4.69) is 150 Å². The SMILES string of the molecule is CC1(C)c2ccccc2-c2cccc3cccc1c23.Cc1ccc2c3c(cccc13)C(C)(C)c1ccccc1-2. The van der Waals surface area contributed by atoms with Gasteiger partial charge in [0.05, 0.1) is 0 Å². The van der Waals surface area contributed by atoms with Crippen molar-refractivity contribution in [2.75, 3.05) is 0 Å². The number of hydrogen-bond donors (Lipinski definition) is 0. The molecule has 6 aromatic carbocycles. The van der Waals surface area contributed by atoms with Gasteiger partial charge in [0.25, 0.3) is 0 Å². The van der Waals surface area contributed by atoms with Crippen LogP contribution in [0.15, 0.2) is 115 Å². The fraction of sp³-hybridized carbons (Fsp3) is 0.179. The highest BCUT2D eigenvalue weighted by molar-refractivity contribution is 6.05. The molecule has 0 heteroatoms. The largest absolute Gasteiger partial charge is 0.0619 e. The molecule has 0 nitrogen and oxygen atoms in total. The summed E-state index contributed by atoms with van der Waals surface area (Å²) < 4.78 is 0. The number of fused-ring (bicyclic) bond motifs is 4. The third kappa shape index (κ3) is 3.37. The number of rotatable bonds is 0. The van der Waals surface area contributed by atoms with Crippen LogP contribution < -0.4 is 0 Å². The lowest BCUT2D eigenvalue weighted by Gasteiger charge is -2.35. The molecular formula is C39H34. The van der Waals surface area contributed by atoms with E-state index in [0.29, 0.717) is 0 Å². The van der Waals surface area contributed by atoms with Crippen LogP contribution in [-0.4, -0.2) is 0 Å². The Labute approximate surface area is 232 Å². The highest BCUT2D eigenvalue weighted by Crippen LogP contribution is 2.49. The van der Waals surface area contributed by atoms with Gasteiger partial charge in [-0.3, -0.25) is 0 Å². The summed E-state index contributed by atoms with van der Waals surface area (Å²) in [6.07, 6.45) is 0. The Bertz CT molecular complexity index is 1910. The molecule has 0 unspecified atom stereocenters. The van der Waals surface area contributed by atoms with Crippen LogP contribution in [-0.2, 0) is 10.8 Å². The number of benzene rings is 6. The van der Waals surface area contributed by atoms with E-state index in [4.69, 9.17) is 0 Å². The monoisotopic (exact) mass is 502 g/mol. The smallest absolute Gasteiger partial charge is 0.0159 e. The third-order valence-corrected chi connectivity index (χ3v) is 9.29. The van der Waals surface area contributed by atoms with Crippen molar-refractivity contribution in [3.63, 3.8) is 0 Å². The highest BCUT2D eigenvalue weighted by Gasteiger charge is 2.34. The van der Waals surface area contributed by atoms with Gasteiger partial charge in [-0.2, -0.15) is 0 Å². The first kappa shape index (κ1) is 23.9. The van der Waals surface area contributed by atoms with Crippen molar-refractivity contribution < 1.29 is 0 Å². The van der Waals surface area contributed by atoms with E-state index in [1.54, 1.807) is 0 Å². The second kappa shape index (κ2) is 8.42. The molecule has 190 valence electrons. The fourth-order valence-corrected chi connectivity index (χ4v) is 7.20. The first-order chi connectivity index (χ1) is 18.8. The summed E-state index contributed by atoms with van der Waals surface area (Å²) in [5.41, 5.74) is 12.8. The highest BCUT2D eigenvalue weighted by atomic mass is 14.4. The molecule has 0 heterocycles. The van der Waals surface area contributed by atoms with Gasteiger partial charge in [0.15, 0.2) is 0 Å². The summed E-state index contributed by atoms with van der Waals surface area (Å²) in [7, 11) is 0. The predicted molar refractivity (Wildman–Crippen MR) is 168 cm³/mol. The first-order valence-corrected chi connectivity index (χ1v) is 14.0. The van der Waals surface area contributed by atoms with Gasteiger partial charge in [0.1, 0.15) is 0 Å². The van der Waals surface area contributed by atoms with Gasteiger partial charge < -0.3 is 0 Å². The Hall–Kier alpha value is -4.16. The molecule has 2 aliphatic carbocycles. The lowest BCUT2D eigenvalue weighted by Crippen LogP contribution is -2.23. The van der Waals surface area contributed by atoms with Crippen molar-refractivity contribution in [1.82, 2.24) is 0 Å². The summed E-state index contributed by atoms with van der Waals surface area (Å²) in [5, 5.41) is 5.60. The van der Waals surface area contributed by atoms with Crippen LogP contribution in [0.1, 0.15) is 55.5 Å². The third-order valence-electron chi connectivity index (χ3n) is 9.29. The molecule has 0 radical (unpaired) electrons. The Morgan fingerprint density at radius 1 is 0.385 bits per heavy atom. The Morgan fingerprint density at radius 2 is 0.846 bits per heavy atom. The van der Waals surface area contributed by atoms with Gasteiger partial charge in [-0.15, -0.1) is 0 Å². The Balaban J connectivity index is 0.000000130. The molecule has 0 saturated heterocycles. The normalized spacial score (nSPS) is 15.2. The standard InChI is InChI=1S/C20H18.C19H16/c1-13-11-12-16-15-7-4-5-9-17(15)20(2,3)18-10-6-8-14(13)19(16)18;1-19(2)16-11-4-3-9-14(16)15-10-5-7-13-8-6-12-17(19)18(13)15/h4-12H,1-3H3;3-12H,1-2H3. The predicted octanol–water partition coefficient (Wildman–Crippen LogP) is 10.6. The molecule has 2 aliphatic rings. The molecule has 0 N–H and O–H groups in total. The van der Waals surface area contributed by atoms with E-state index < -0.39 is 0 Å². The van der Waals surface area contributed by atoms with Crippen LogP contribution in [0.3, 0.4) is 0 Å². The second-order valence-electron chi connectivity index (χ2n) is 12.2. The van der Waals surface area contributed by atoms with Crippen molar-refractivity contribution >= 4 is 21.5 Å². The fourth-order valence-electron chi connectivity index (χ4n) is 7.20. The van der Waals surface area contributed by atoms with E-state index >= 15 is 0 Å². The quantitative estimate of drug-likeness (QED) is 0.194. The Kier molecular flexibility index (Phi) is 5.16. The van der Waals surface area contributed by atoms with Crippen molar-refractivity contribution in [1.29, 1.82) is 0 Å². The van der Waals surface area contributed by atoms with Crippen molar-refractivity contribution in [2.45, 2.75) is 45.4 Å². The molecule has 0 fully saturated rings. The van der Waals surface area contributed by atoms with Crippen LogP contribution in [0.4, 0.5) is 0 Å². The topological polar surface area (TPSA) is 0 Å². The van der Waals surface area contributed by atoms with Gasteiger partial charge in [0, 0.05) is 10.8 Å². The zero-order valence-corrected chi connectivity index (χ0v) is 23.5. The summed E-state index contributed by atoms with van der Waals surface area (Å²) in [6.45, 7) is 11.5. The second-order valence-corrected chi connectivity index (χ2v) is 12.2. The average Bonchev–Trinajstić information content (AvgIpc) is 2.96. The number of aryl methyl sites for hydroxylation is 1. The molecule has 0 saturated carbocycles. The van der Waals surface area contributed by atoms with Crippen molar-refractivity contribution in [3.05, 3.63) is 143 Å². The van der Waals surface area contributed by atoms with Gasteiger partial charge in [0.2, 0.25) is 0 Å². The van der Waals surface area contributed by atoms with E-state index in [1.807, 2.05) is 0 Å². The maximum absolute atomic E-state index is 2.34. The molecule has 0 spiro atoms. The van der Waals surface area contributed by atoms with Gasteiger partial charge in [-0.05, 0) is 78.5 Å². The average molecular weight is 503 g/mol. The van der Waals surface area contributed by atoms with E-state index in [9.17, 15) is 0 Å².